The third-order valence-corrected chi connectivity index (χ3v) is 3.58. The fourth-order valence-corrected chi connectivity index (χ4v) is 2.54. The van der Waals surface area contributed by atoms with Gasteiger partial charge in [-0.2, -0.15) is 0 Å². The van der Waals surface area contributed by atoms with Crippen molar-refractivity contribution in [1.29, 1.82) is 0 Å². The van der Waals surface area contributed by atoms with Crippen LogP contribution in [0.3, 0.4) is 0 Å². The minimum Gasteiger partial charge on any atom is -0.491 e. The maximum atomic E-state index is 13.3. The van der Waals surface area contributed by atoms with Crippen LogP contribution in [0.2, 0.25) is 0 Å². The number of hydrogen-bond donors (Lipinski definition) is 1. The van der Waals surface area contributed by atoms with Crippen molar-refractivity contribution >= 4 is 17.3 Å². The van der Waals surface area contributed by atoms with Crippen molar-refractivity contribution in [2.24, 2.45) is 0 Å². The Morgan fingerprint density at radius 3 is 2.90 bits per heavy atom. The monoisotopic (exact) mass is 313 g/mol. The number of hydrogen-bond acceptors (Lipinski definition) is 4. The van der Waals surface area contributed by atoms with Gasteiger partial charge in [-0.05, 0) is 18.6 Å². The molecule has 112 valence electrons. The number of halogens is 2. The van der Waals surface area contributed by atoms with Crippen LogP contribution >= 0.6 is 11.3 Å². The van der Waals surface area contributed by atoms with Gasteiger partial charge in [0, 0.05) is 17.9 Å². The summed E-state index contributed by atoms with van der Waals surface area (Å²) >= 11 is 1.39. The van der Waals surface area contributed by atoms with E-state index >= 15 is 0 Å². The molecule has 0 atom stereocenters. The maximum absolute atomic E-state index is 13.3. The third kappa shape index (κ3) is 4.78. The fourth-order valence-electron chi connectivity index (χ4n) is 1.70. The molecule has 0 radical (unpaired) electrons. The van der Waals surface area contributed by atoms with Gasteiger partial charge in [-0.15, -0.1) is 11.3 Å². The van der Waals surface area contributed by atoms with Gasteiger partial charge in [0.25, 0.3) is 0 Å². The van der Waals surface area contributed by atoms with Crippen LogP contribution in [0.15, 0.2) is 23.6 Å². The quantitative estimate of drug-likeness (QED) is 0.798. The molecular weight excluding hydrogens is 300 g/mol. The molecule has 4 nitrogen and oxygen atoms in total. The zero-order valence-electron chi connectivity index (χ0n) is 11.0. The first-order chi connectivity index (χ1) is 10.0. The largest absolute Gasteiger partial charge is 0.491 e. The first-order valence-electron chi connectivity index (χ1n) is 6.27. The molecule has 0 fully saturated rings. The molecule has 7 heteroatoms. The molecule has 0 unspecified atom stereocenters. The summed E-state index contributed by atoms with van der Waals surface area (Å²) in [6, 6.07) is 3.16. The zero-order valence-corrected chi connectivity index (χ0v) is 11.8. The van der Waals surface area contributed by atoms with Crippen LogP contribution in [-0.2, 0) is 17.6 Å². The Balaban J connectivity index is 1.76. The molecular formula is C14H13F2NO3S. The number of benzene rings is 1. The molecule has 0 aliphatic carbocycles. The molecule has 0 bridgehead atoms. The highest BCUT2D eigenvalue weighted by Crippen LogP contribution is 2.18. The number of ether oxygens (including phenoxy) is 1. The van der Waals surface area contributed by atoms with E-state index in [1.54, 1.807) is 5.38 Å². The maximum Gasteiger partial charge on any atom is 0.309 e. The van der Waals surface area contributed by atoms with Crippen molar-refractivity contribution < 1.29 is 23.4 Å². The molecule has 1 aromatic carbocycles. The van der Waals surface area contributed by atoms with E-state index in [0.29, 0.717) is 18.5 Å². The number of aryl methyl sites for hydroxylation is 1. The average Bonchev–Trinajstić information content (AvgIpc) is 2.83. The van der Waals surface area contributed by atoms with Crippen LogP contribution < -0.4 is 4.74 Å². The highest BCUT2D eigenvalue weighted by Gasteiger charge is 2.07. The van der Waals surface area contributed by atoms with E-state index in [0.717, 1.165) is 17.1 Å². The second-order valence-electron chi connectivity index (χ2n) is 4.33. The summed E-state index contributed by atoms with van der Waals surface area (Å²) in [4.78, 5) is 14.7. The Labute approximate surface area is 124 Å². The predicted molar refractivity (Wildman–Crippen MR) is 73.6 cm³/mol. The summed E-state index contributed by atoms with van der Waals surface area (Å²) in [6.07, 6.45) is 1.14. The van der Waals surface area contributed by atoms with Crippen molar-refractivity contribution in [1.82, 2.24) is 4.98 Å². The lowest BCUT2D eigenvalue weighted by Gasteiger charge is -2.06. The third-order valence-electron chi connectivity index (χ3n) is 2.62. The summed E-state index contributed by atoms with van der Waals surface area (Å²) in [5.74, 6) is -2.27. The van der Waals surface area contributed by atoms with Gasteiger partial charge in [0.2, 0.25) is 0 Å². The zero-order chi connectivity index (χ0) is 15.2. The van der Waals surface area contributed by atoms with Crippen LogP contribution in [-0.4, -0.2) is 22.7 Å². The van der Waals surface area contributed by atoms with Crippen LogP contribution in [0.5, 0.6) is 5.75 Å². The van der Waals surface area contributed by atoms with E-state index in [9.17, 15) is 13.6 Å². The van der Waals surface area contributed by atoms with Crippen LogP contribution in [0.4, 0.5) is 8.78 Å². The second-order valence-corrected chi connectivity index (χ2v) is 5.27. The number of aromatic nitrogens is 1. The second kappa shape index (κ2) is 7.12. The van der Waals surface area contributed by atoms with Gasteiger partial charge >= 0.3 is 5.97 Å². The SMILES string of the molecule is O=C(O)Cc1csc(CCCOc2ccc(F)cc2F)n1. The minimum atomic E-state index is -0.915. The molecule has 2 rings (SSSR count). The molecule has 0 amide bonds. The van der Waals surface area contributed by atoms with Crippen molar-refractivity contribution in [3.63, 3.8) is 0 Å². The smallest absolute Gasteiger partial charge is 0.309 e. The van der Waals surface area contributed by atoms with Gasteiger partial charge in [0.1, 0.15) is 5.82 Å². The number of carbonyl (C=O) groups is 1. The average molecular weight is 313 g/mol. The lowest BCUT2D eigenvalue weighted by molar-refractivity contribution is -0.136. The summed E-state index contributed by atoms with van der Waals surface area (Å²) in [7, 11) is 0. The van der Waals surface area contributed by atoms with Gasteiger partial charge in [0.15, 0.2) is 11.6 Å². The molecule has 0 saturated heterocycles. The van der Waals surface area contributed by atoms with Gasteiger partial charge in [-0.1, -0.05) is 0 Å². The molecule has 0 aliphatic heterocycles. The molecule has 1 aromatic heterocycles. The minimum absolute atomic E-state index is 0.0158. The van der Waals surface area contributed by atoms with E-state index in [-0.39, 0.29) is 18.8 Å². The predicted octanol–water partition coefficient (Wildman–Crippen LogP) is 3.06. The molecule has 2 aromatic rings. The normalized spacial score (nSPS) is 10.6. The summed E-state index contributed by atoms with van der Waals surface area (Å²) in [6.45, 7) is 0.274. The Kier molecular flexibility index (Phi) is 5.21. The molecule has 0 spiro atoms. The summed E-state index contributed by atoms with van der Waals surface area (Å²) < 4.78 is 31.2. The molecule has 1 N–H and O–H groups in total. The first kappa shape index (κ1) is 15.4. The number of nitrogens with zero attached hydrogens (tertiary/aromatic N) is 1. The van der Waals surface area contributed by atoms with Crippen molar-refractivity contribution in [3.8, 4) is 5.75 Å². The van der Waals surface area contributed by atoms with Crippen molar-refractivity contribution in [2.45, 2.75) is 19.3 Å². The number of thiazole rings is 1. The van der Waals surface area contributed by atoms with E-state index in [2.05, 4.69) is 4.98 Å². The number of aliphatic carboxylic acids is 1. The van der Waals surface area contributed by atoms with Crippen LogP contribution in [0.25, 0.3) is 0 Å². The lowest BCUT2D eigenvalue weighted by Crippen LogP contribution is -2.02. The number of carboxylic acids is 1. The summed E-state index contributed by atoms with van der Waals surface area (Å²) in [5.41, 5.74) is 0.535. The highest BCUT2D eigenvalue weighted by molar-refractivity contribution is 7.09. The van der Waals surface area contributed by atoms with Gasteiger partial charge in [-0.25, -0.2) is 13.8 Å². The number of carboxylic acid groups (broad SMARTS) is 1. The van der Waals surface area contributed by atoms with E-state index in [1.807, 2.05) is 0 Å². The van der Waals surface area contributed by atoms with E-state index in [1.165, 1.54) is 17.4 Å². The van der Waals surface area contributed by atoms with Gasteiger partial charge in [-0.3, -0.25) is 4.79 Å². The molecule has 21 heavy (non-hydrogen) atoms. The Morgan fingerprint density at radius 2 is 2.19 bits per heavy atom. The molecule has 1 heterocycles. The fraction of sp³-hybridized carbons (Fsp3) is 0.286. The van der Waals surface area contributed by atoms with Gasteiger partial charge in [0.05, 0.1) is 23.7 Å². The number of rotatable bonds is 7. The molecule has 0 saturated carbocycles. The first-order valence-corrected chi connectivity index (χ1v) is 7.15. The van der Waals surface area contributed by atoms with Crippen molar-refractivity contribution in [2.75, 3.05) is 6.61 Å². The Bertz CT molecular complexity index is 630. The van der Waals surface area contributed by atoms with Gasteiger partial charge < -0.3 is 9.84 Å². The standard InChI is InChI=1S/C14H13F2NO3S/c15-9-3-4-12(11(16)6-9)20-5-1-2-13-17-10(8-21-13)7-14(18)19/h3-4,6,8H,1-2,5,7H2,(H,18,19). The topological polar surface area (TPSA) is 59.4 Å². The Morgan fingerprint density at radius 1 is 1.38 bits per heavy atom. The van der Waals surface area contributed by atoms with Crippen LogP contribution in [0, 0.1) is 11.6 Å². The van der Waals surface area contributed by atoms with Crippen LogP contribution in [0.1, 0.15) is 17.1 Å². The lowest BCUT2D eigenvalue weighted by atomic mass is 10.3. The Hall–Kier alpha value is -2.02. The summed E-state index contributed by atoms with van der Waals surface area (Å²) in [5, 5.41) is 11.2. The molecule has 0 aliphatic rings. The van der Waals surface area contributed by atoms with E-state index < -0.39 is 17.6 Å². The van der Waals surface area contributed by atoms with E-state index in [4.69, 9.17) is 9.84 Å². The highest BCUT2D eigenvalue weighted by atomic mass is 32.1. The van der Waals surface area contributed by atoms with Crippen molar-refractivity contribution in [3.05, 3.63) is 45.9 Å².